The molecule has 102 valence electrons. The van der Waals surface area contributed by atoms with Crippen molar-refractivity contribution in [3.05, 3.63) is 58.4 Å². The summed E-state index contributed by atoms with van der Waals surface area (Å²) in [6.45, 7) is 3.28. The average molecular weight is 271 g/mol. The quantitative estimate of drug-likeness (QED) is 0.928. The van der Waals surface area contributed by atoms with E-state index in [-0.39, 0.29) is 12.4 Å². The van der Waals surface area contributed by atoms with Gasteiger partial charge in [-0.2, -0.15) is 5.26 Å². The molecule has 0 saturated heterocycles. The van der Waals surface area contributed by atoms with Crippen molar-refractivity contribution in [2.24, 2.45) is 0 Å². The van der Waals surface area contributed by atoms with Gasteiger partial charge >= 0.3 is 0 Å². The number of ether oxygens (including phenoxy) is 1. The summed E-state index contributed by atoms with van der Waals surface area (Å²) in [6.07, 6.45) is 0. The highest BCUT2D eigenvalue weighted by molar-refractivity contribution is 5.50. The van der Waals surface area contributed by atoms with Gasteiger partial charge in [-0.05, 0) is 43.2 Å². The summed E-state index contributed by atoms with van der Waals surface area (Å²) in [6, 6.07) is 9.83. The molecule has 0 heterocycles. The summed E-state index contributed by atoms with van der Waals surface area (Å²) >= 11 is 0. The number of halogens is 1. The number of benzene rings is 2. The number of aryl methyl sites for hydroxylation is 2. The predicted octanol–water partition coefficient (Wildman–Crippen LogP) is 3.60. The third-order valence-corrected chi connectivity index (χ3v) is 3.01. The Morgan fingerprint density at radius 3 is 2.40 bits per heavy atom. The van der Waals surface area contributed by atoms with Crippen LogP contribution in [0.25, 0.3) is 0 Å². The Bertz CT molecular complexity index is 666. The van der Waals surface area contributed by atoms with Crippen LogP contribution in [0.15, 0.2) is 30.3 Å². The van der Waals surface area contributed by atoms with E-state index < -0.39 is 5.82 Å². The van der Waals surface area contributed by atoms with Crippen LogP contribution in [-0.2, 0) is 6.61 Å². The number of hydrogen-bond acceptors (Lipinski definition) is 3. The fourth-order valence-electron chi connectivity index (χ4n) is 2.07. The van der Waals surface area contributed by atoms with Crippen molar-refractivity contribution >= 4 is 0 Å². The summed E-state index contributed by atoms with van der Waals surface area (Å²) in [5.41, 5.74) is 2.40. The third-order valence-electron chi connectivity index (χ3n) is 3.01. The highest BCUT2D eigenvalue weighted by Crippen LogP contribution is 2.33. The third kappa shape index (κ3) is 2.63. The van der Waals surface area contributed by atoms with Crippen molar-refractivity contribution in [1.29, 1.82) is 5.26 Å². The van der Waals surface area contributed by atoms with Gasteiger partial charge in [0.15, 0.2) is 11.6 Å². The Kier molecular flexibility index (Phi) is 4.02. The molecule has 0 aliphatic heterocycles. The second-order valence-electron chi connectivity index (χ2n) is 4.54. The maximum atomic E-state index is 13.8. The van der Waals surface area contributed by atoms with E-state index in [0.29, 0.717) is 16.9 Å². The molecule has 2 aromatic rings. The van der Waals surface area contributed by atoms with E-state index >= 15 is 0 Å². The Balaban J connectivity index is 2.49. The van der Waals surface area contributed by atoms with E-state index in [0.717, 1.165) is 11.1 Å². The summed E-state index contributed by atoms with van der Waals surface area (Å²) < 4.78 is 19.5. The molecule has 0 fully saturated rings. The SMILES string of the molecule is Cc1cc(C#N)cc(C)c1Oc1c(F)cccc1CO. The Morgan fingerprint density at radius 1 is 1.20 bits per heavy atom. The number of aliphatic hydroxyl groups excluding tert-OH is 1. The molecular weight excluding hydrogens is 257 g/mol. The van der Waals surface area contributed by atoms with E-state index in [4.69, 9.17) is 10.00 Å². The zero-order valence-electron chi connectivity index (χ0n) is 11.3. The van der Waals surface area contributed by atoms with Gasteiger partial charge in [-0.25, -0.2) is 4.39 Å². The Labute approximate surface area is 116 Å². The largest absolute Gasteiger partial charge is 0.453 e. The number of nitriles is 1. The van der Waals surface area contributed by atoms with Crippen molar-refractivity contribution in [1.82, 2.24) is 0 Å². The lowest BCUT2D eigenvalue weighted by atomic mass is 10.1. The highest BCUT2D eigenvalue weighted by atomic mass is 19.1. The zero-order chi connectivity index (χ0) is 14.7. The van der Waals surface area contributed by atoms with Crippen LogP contribution >= 0.6 is 0 Å². The fraction of sp³-hybridized carbons (Fsp3) is 0.188. The second kappa shape index (κ2) is 5.72. The van der Waals surface area contributed by atoms with Crippen LogP contribution in [0, 0.1) is 31.0 Å². The normalized spacial score (nSPS) is 10.2. The first-order chi connectivity index (χ1) is 9.56. The van der Waals surface area contributed by atoms with E-state index in [9.17, 15) is 9.50 Å². The van der Waals surface area contributed by atoms with Gasteiger partial charge in [0.25, 0.3) is 0 Å². The summed E-state index contributed by atoms with van der Waals surface area (Å²) in [7, 11) is 0. The molecule has 0 saturated carbocycles. The van der Waals surface area contributed by atoms with Crippen LogP contribution in [0.4, 0.5) is 4.39 Å². The fourth-order valence-corrected chi connectivity index (χ4v) is 2.07. The standard InChI is InChI=1S/C16H14FNO2/c1-10-6-12(8-18)7-11(2)15(10)20-16-13(9-19)4-3-5-14(16)17/h3-7,19H,9H2,1-2H3. The molecule has 2 rings (SSSR count). The zero-order valence-corrected chi connectivity index (χ0v) is 11.3. The van der Waals surface area contributed by atoms with E-state index in [2.05, 4.69) is 6.07 Å². The minimum atomic E-state index is -0.528. The van der Waals surface area contributed by atoms with Crippen LogP contribution in [0.3, 0.4) is 0 Å². The van der Waals surface area contributed by atoms with E-state index in [1.165, 1.54) is 12.1 Å². The smallest absolute Gasteiger partial charge is 0.168 e. The lowest BCUT2D eigenvalue weighted by Crippen LogP contribution is -1.98. The van der Waals surface area contributed by atoms with Crippen molar-refractivity contribution in [2.45, 2.75) is 20.5 Å². The molecular formula is C16H14FNO2. The second-order valence-corrected chi connectivity index (χ2v) is 4.54. The van der Waals surface area contributed by atoms with E-state index in [1.807, 2.05) is 0 Å². The molecule has 0 amide bonds. The number of nitrogens with zero attached hydrogens (tertiary/aromatic N) is 1. The summed E-state index contributed by atoms with van der Waals surface area (Å²) in [5.74, 6) is -0.00517. The van der Waals surface area contributed by atoms with Crippen molar-refractivity contribution in [3.63, 3.8) is 0 Å². The molecule has 0 atom stereocenters. The van der Waals surface area contributed by atoms with Gasteiger partial charge in [-0.1, -0.05) is 12.1 Å². The van der Waals surface area contributed by atoms with Crippen molar-refractivity contribution in [2.75, 3.05) is 0 Å². The predicted molar refractivity (Wildman–Crippen MR) is 73.0 cm³/mol. The van der Waals surface area contributed by atoms with Crippen LogP contribution < -0.4 is 4.74 Å². The molecule has 0 radical (unpaired) electrons. The molecule has 3 nitrogen and oxygen atoms in total. The van der Waals surface area contributed by atoms with Gasteiger partial charge in [0, 0.05) is 5.56 Å². The summed E-state index contributed by atoms with van der Waals surface area (Å²) in [4.78, 5) is 0. The van der Waals surface area contributed by atoms with Crippen molar-refractivity contribution in [3.8, 4) is 17.6 Å². The lowest BCUT2D eigenvalue weighted by molar-refractivity contribution is 0.274. The van der Waals surface area contributed by atoms with Gasteiger partial charge in [0.2, 0.25) is 0 Å². The number of hydrogen-bond donors (Lipinski definition) is 1. The van der Waals surface area contributed by atoms with Crippen molar-refractivity contribution < 1.29 is 14.2 Å². The minimum absolute atomic E-state index is 0.0194. The van der Waals surface area contributed by atoms with Gasteiger partial charge in [-0.15, -0.1) is 0 Å². The molecule has 0 aliphatic rings. The lowest BCUT2D eigenvalue weighted by Gasteiger charge is -2.15. The first-order valence-corrected chi connectivity index (χ1v) is 6.14. The molecule has 4 heteroatoms. The maximum absolute atomic E-state index is 13.8. The Hall–Kier alpha value is -2.38. The highest BCUT2D eigenvalue weighted by Gasteiger charge is 2.14. The van der Waals surface area contributed by atoms with Crippen LogP contribution in [0.2, 0.25) is 0 Å². The van der Waals surface area contributed by atoms with Crippen LogP contribution in [0.1, 0.15) is 22.3 Å². The number of para-hydroxylation sites is 1. The molecule has 2 aromatic carbocycles. The molecule has 0 aliphatic carbocycles. The number of rotatable bonds is 3. The maximum Gasteiger partial charge on any atom is 0.168 e. The average Bonchev–Trinajstić information content (AvgIpc) is 2.43. The summed E-state index contributed by atoms with van der Waals surface area (Å²) in [5, 5.41) is 18.2. The van der Waals surface area contributed by atoms with Gasteiger partial charge in [0.05, 0.1) is 18.2 Å². The van der Waals surface area contributed by atoms with Crippen LogP contribution in [0.5, 0.6) is 11.5 Å². The first-order valence-electron chi connectivity index (χ1n) is 6.14. The molecule has 1 N–H and O–H groups in total. The number of aliphatic hydroxyl groups is 1. The topological polar surface area (TPSA) is 53.2 Å². The van der Waals surface area contributed by atoms with Crippen LogP contribution in [-0.4, -0.2) is 5.11 Å². The molecule has 0 aromatic heterocycles. The Morgan fingerprint density at radius 2 is 1.85 bits per heavy atom. The molecule has 0 unspecified atom stereocenters. The molecule has 0 spiro atoms. The molecule has 0 bridgehead atoms. The molecule has 20 heavy (non-hydrogen) atoms. The monoisotopic (exact) mass is 271 g/mol. The minimum Gasteiger partial charge on any atom is -0.453 e. The van der Waals surface area contributed by atoms with E-state index in [1.54, 1.807) is 32.0 Å². The van der Waals surface area contributed by atoms with Gasteiger partial charge in [-0.3, -0.25) is 0 Å². The van der Waals surface area contributed by atoms with Gasteiger partial charge < -0.3 is 9.84 Å². The first kappa shape index (κ1) is 14.0. The van der Waals surface area contributed by atoms with Gasteiger partial charge in [0.1, 0.15) is 5.75 Å².